The number of aliphatic carboxylic acids is 1. The van der Waals surface area contributed by atoms with E-state index >= 15 is 0 Å². The van der Waals surface area contributed by atoms with Gasteiger partial charge in [0.05, 0.1) is 18.7 Å². The van der Waals surface area contributed by atoms with Crippen LogP contribution in [0.3, 0.4) is 0 Å². The smallest absolute Gasteiger partial charge is 0.394 e. The number of rotatable bonds is 11. The van der Waals surface area contributed by atoms with Crippen molar-refractivity contribution in [3.05, 3.63) is 112 Å². The van der Waals surface area contributed by atoms with Crippen molar-refractivity contribution < 1.29 is 38.9 Å². The summed E-state index contributed by atoms with van der Waals surface area (Å²) in [7, 11) is 1.59. The first kappa shape index (κ1) is 32.3. The highest BCUT2D eigenvalue weighted by Crippen LogP contribution is 2.43. The van der Waals surface area contributed by atoms with E-state index in [0.29, 0.717) is 53.8 Å². The summed E-state index contributed by atoms with van der Waals surface area (Å²) in [5.74, 6) is -3.31. The number of amides is 2. The van der Waals surface area contributed by atoms with Gasteiger partial charge in [-0.25, -0.2) is 9.59 Å². The molecule has 0 radical (unpaired) electrons. The second-order valence-corrected chi connectivity index (χ2v) is 12.3. The lowest BCUT2D eigenvalue weighted by Crippen LogP contribution is -2.41. The number of benzene rings is 3. The lowest BCUT2D eigenvalue weighted by atomic mass is 9.96. The van der Waals surface area contributed by atoms with Crippen LogP contribution in [0.25, 0.3) is 10.9 Å². The summed E-state index contributed by atoms with van der Waals surface area (Å²) in [6, 6.07) is 24.2. The second-order valence-electron chi connectivity index (χ2n) is 11.2. The predicted octanol–water partition coefficient (Wildman–Crippen LogP) is 5.07. The molecule has 0 saturated heterocycles. The standard InChI is InChI=1S/C35H32N4O8S/c1-46-23-9-7-20(8-10-23)18-39-14-13-25-29(34(42)43)33(38-32(41)35(44)45)48-30(25)28(39)17-36-31(40)27-16-22-15-24(11-12-26(22)37-27)47-19-21-5-3-2-4-6-21/h2-12,15-16,28,37H,13-14,17-19H2,1H3,(H,36,40)(H,38,41)(H,42,43)(H,44,45). The summed E-state index contributed by atoms with van der Waals surface area (Å²) in [6.45, 7) is 1.48. The van der Waals surface area contributed by atoms with Gasteiger partial charge in [-0.15, -0.1) is 11.3 Å². The lowest BCUT2D eigenvalue weighted by Gasteiger charge is -2.36. The van der Waals surface area contributed by atoms with Gasteiger partial charge in [0.2, 0.25) is 0 Å². The number of hydrogen-bond donors (Lipinski definition) is 5. The van der Waals surface area contributed by atoms with Gasteiger partial charge in [-0.05, 0) is 59.5 Å². The summed E-state index contributed by atoms with van der Waals surface area (Å²) >= 11 is 1.01. The first-order valence-corrected chi connectivity index (χ1v) is 15.9. The highest BCUT2D eigenvalue weighted by Gasteiger charge is 2.36. The molecule has 1 aliphatic heterocycles. The molecular formula is C35H32N4O8S. The number of aromatic amines is 1. The number of ether oxygens (including phenoxy) is 2. The average Bonchev–Trinajstić information content (AvgIpc) is 3.68. The summed E-state index contributed by atoms with van der Waals surface area (Å²) in [5, 5.41) is 25.2. The molecule has 0 spiro atoms. The summed E-state index contributed by atoms with van der Waals surface area (Å²) in [4.78, 5) is 55.0. The van der Waals surface area contributed by atoms with Gasteiger partial charge < -0.3 is 35.3 Å². The number of aromatic nitrogens is 1. The molecule has 13 heteroatoms. The van der Waals surface area contributed by atoms with Crippen LogP contribution < -0.4 is 20.1 Å². The molecule has 0 fully saturated rings. The summed E-state index contributed by atoms with van der Waals surface area (Å²) in [6.07, 6.45) is 0.355. The molecule has 6 rings (SSSR count). The third kappa shape index (κ3) is 7.01. The van der Waals surface area contributed by atoms with Gasteiger partial charge in [-0.2, -0.15) is 0 Å². The number of anilines is 1. The fourth-order valence-corrected chi connectivity index (χ4v) is 7.14. The van der Waals surface area contributed by atoms with E-state index in [-0.39, 0.29) is 23.0 Å². The van der Waals surface area contributed by atoms with Crippen molar-refractivity contribution >= 4 is 51.0 Å². The number of carboxylic acids is 2. The Morgan fingerprint density at radius 1 is 0.958 bits per heavy atom. The minimum Gasteiger partial charge on any atom is -0.497 e. The van der Waals surface area contributed by atoms with Crippen molar-refractivity contribution in [3.63, 3.8) is 0 Å². The molecule has 1 aliphatic rings. The normalized spacial score (nSPS) is 14.2. The molecule has 48 heavy (non-hydrogen) atoms. The third-order valence-electron chi connectivity index (χ3n) is 8.15. The van der Waals surface area contributed by atoms with Crippen LogP contribution in [-0.2, 0) is 29.2 Å². The predicted molar refractivity (Wildman–Crippen MR) is 179 cm³/mol. The zero-order valence-electron chi connectivity index (χ0n) is 25.8. The Balaban J connectivity index is 1.24. The first-order chi connectivity index (χ1) is 23.2. The van der Waals surface area contributed by atoms with Crippen LogP contribution in [0.1, 0.15) is 48.5 Å². The maximum atomic E-state index is 13.5. The number of nitrogens with one attached hydrogen (secondary N) is 3. The number of carbonyl (C=O) groups excluding carboxylic acids is 2. The number of fused-ring (bicyclic) bond motifs is 2. The Bertz CT molecular complexity index is 1990. The zero-order valence-corrected chi connectivity index (χ0v) is 26.6. The maximum Gasteiger partial charge on any atom is 0.394 e. The monoisotopic (exact) mass is 668 g/mol. The number of H-pyrrole nitrogens is 1. The Labute approximate surface area is 278 Å². The van der Waals surface area contributed by atoms with Crippen LogP contribution in [0.15, 0.2) is 78.9 Å². The van der Waals surface area contributed by atoms with E-state index < -0.39 is 23.9 Å². The van der Waals surface area contributed by atoms with E-state index in [9.17, 15) is 24.3 Å². The van der Waals surface area contributed by atoms with Gasteiger partial charge in [0.1, 0.15) is 28.8 Å². The molecule has 246 valence electrons. The number of carboxylic acid groups (broad SMARTS) is 2. The third-order valence-corrected chi connectivity index (χ3v) is 9.40. The lowest BCUT2D eigenvalue weighted by molar-refractivity contribution is -0.147. The van der Waals surface area contributed by atoms with Crippen LogP contribution in [0.5, 0.6) is 11.5 Å². The van der Waals surface area contributed by atoms with E-state index in [2.05, 4.69) is 20.5 Å². The molecule has 3 aromatic carbocycles. The van der Waals surface area contributed by atoms with Crippen molar-refractivity contribution in [1.29, 1.82) is 0 Å². The Morgan fingerprint density at radius 3 is 2.42 bits per heavy atom. The fraction of sp³-hybridized carbons (Fsp3) is 0.200. The number of hydrogen-bond acceptors (Lipinski definition) is 8. The molecule has 1 unspecified atom stereocenters. The minimum absolute atomic E-state index is 0.0524. The van der Waals surface area contributed by atoms with Gasteiger partial charge in [0.25, 0.3) is 5.91 Å². The summed E-state index contributed by atoms with van der Waals surface area (Å²) < 4.78 is 11.2. The number of thiophene rings is 1. The fourth-order valence-electron chi connectivity index (χ4n) is 5.77. The van der Waals surface area contributed by atoms with Crippen molar-refractivity contribution in [2.24, 2.45) is 0 Å². The highest BCUT2D eigenvalue weighted by molar-refractivity contribution is 7.17. The number of methoxy groups -OCH3 is 1. The molecule has 0 saturated carbocycles. The second kappa shape index (κ2) is 14.0. The average molecular weight is 669 g/mol. The van der Waals surface area contributed by atoms with Gasteiger partial charge >= 0.3 is 17.8 Å². The van der Waals surface area contributed by atoms with E-state index in [1.54, 1.807) is 13.2 Å². The number of carbonyl (C=O) groups is 4. The van der Waals surface area contributed by atoms with E-state index in [1.807, 2.05) is 72.8 Å². The largest absolute Gasteiger partial charge is 0.497 e. The highest BCUT2D eigenvalue weighted by atomic mass is 32.1. The SMILES string of the molecule is COc1ccc(CN2CCc3c(sc(NC(=O)C(=O)O)c3C(=O)O)C2CNC(=O)c2cc3cc(OCc4ccccc4)ccc3[nH]2)cc1. The quantitative estimate of drug-likeness (QED) is 0.121. The number of nitrogens with zero attached hydrogens (tertiary/aromatic N) is 1. The topological polar surface area (TPSA) is 170 Å². The van der Waals surface area contributed by atoms with Crippen molar-refractivity contribution in [3.8, 4) is 11.5 Å². The molecule has 1 atom stereocenters. The zero-order chi connectivity index (χ0) is 33.8. The molecule has 12 nitrogen and oxygen atoms in total. The number of aromatic carboxylic acids is 1. The molecule has 0 aliphatic carbocycles. The Morgan fingerprint density at radius 2 is 1.71 bits per heavy atom. The molecule has 2 amide bonds. The maximum absolute atomic E-state index is 13.5. The van der Waals surface area contributed by atoms with Crippen molar-refractivity contribution in [2.45, 2.75) is 25.6 Å². The molecule has 5 aromatic rings. The van der Waals surface area contributed by atoms with Crippen LogP contribution in [-0.4, -0.2) is 64.0 Å². The Hall–Kier alpha value is -5.66. The van der Waals surface area contributed by atoms with Gasteiger partial charge in [0, 0.05) is 35.4 Å². The van der Waals surface area contributed by atoms with Gasteiger partial charge in [-0.1, -0.05) is 42.5 Å². The van der Waals surface area contributed by atoms with E-state index in [0.717, 1.165) is 33.4 Å². The van der Waals surface area contributed by atoms with Crippen LogP contribution >= 0.6 is 11.3 Å². The molecule has 5 N–H and O–H groups in total. The molecule has 0 bridgehead atoms. The molecule has 2 aromatic heterocycles. The van der Waals surface area contributed by atoms with Crippen LogP contribution in [0, 0.1) is 0 Å². The van der Waals surface area contributed by atoms with Crippen LogP contribution in [0.4, 0.5) is 5.00 Å². The van der Waals surface area contributed by atoms with Crippen LogP contribution in [0.2, 0.25) is 0 Å². The van der Waals surface area contributed by atoms with Crippen molar-refractivity contribution in [2.75, 3.05) is 25.5 Å². The van der Waals surface area contributed by atoms with Crippen molar-refractivity contribution in [1.82, 2.24) is 15.2 Å². The molecule has 3 heterocycles. The first-order valence-electron chi connectivity index (χ1n) is 15.1. The Kier molecular flexibility index (Phi) is 9.41. The van der Waals surface area contributed by atoms with Gasteiger partial charge in [0.15, 0.2) is 0 Å². The van der Waals surface area contributed by atoms with Gasteiger partial charge in [-0.3, -0.25) is 14.5 Å². The summed E-state index contributed by atoms with van der Waals surface area (Å²) in [5.41, 5.74) is 3.49. The minimum atomic E-state index is -1.73. The molecular weight excluding hydrogens is 636 g/mol. The van der Waals surface area contributed by atoms with E-state index in [4.69, 9.17) is 14.6 Å². The van der Waals surface area contributed by atoms with E-state index in [1.165, 1.54) is 0 Å².